The molecule has 0 aliphatic heterocycles. The summed E-state index contributed by atoms with van der Waals surface area (Å²) in [6.07, 6.45) is 0. The molecule has 0 radical (unpaired) electrons. The minimum absolute atomic E-state index is 0.0682. The molecule has 0 amide bonds. The molecule has 2 N–H and O–H groups in total. The van der Waals surface area contributed by atoms with Gasteiger partial charge >= 0.3 is 5.97 Å². The van der Waals surface area contributed by atoms with Crippen molar-refractivity contribution in [3.8, 4) is 5.75 Å². The molecule has 2 aromatic rings. The first-order valence-electron chi connectivity index (χ1n) is 6.93. The van der Waals surface area contributed by atoms with Gasteiger partial charge in [-0.3, -0.25) is 10.1 Å². The largest absolute Gasteiger partial charge is 0.482 e. The van der Waals surface area contributed by atoms with Crippen molar-refractivity contribution in [2.24, 2.45) is 10.9 Å². The monoisotopic (exact) mass is 329 g/mol. The second kappa shape index (κ2) is 7.73. The van der Waals surface area contributed by atoms with Crippen LogP contribution in [-0.4, -0.2) is 23.3 Å². The predicted octanol–water partition coefficient (Wildman–Crippen LogP) is 2.15. The first-order chi connectivity index (χ1) is 11.5. The Morgan fingerprint density at radius 1 is 1.17 bits per heavy atom. The normalized spacial score (nSPS) is 11.0. The Hall–Kier alpha value is -3.42. The van der Waals surface area contributed by atoms with Crippen LogP contribution in [0.1, 0.15) is 11.1 Å². The molecule has 124 valence electrons. The topological polar surface area (TPSA) is 117 Å². The van der Waals surface area contributed by atoms with Crippen molar-refractivity contribution in [2.75, 3.05) is 6.61 Å². The number of nitro groups is 1. The van der Waals surface area contributed by atoms with Gasteiger partial charge in [-0.25, -0.2) is 4.79 Å². The lowest BCUT2D eigenvalue weighted by molar-refractivity contribution is -0.384. The summed E-state index contributed by atoms with van der Waals surface area (Å²) >= 11 is 0. The number of carbonyl (C=O) groups excluding carboxylic acids is 1. The molecule has 0 bridgehead atoms. The van der Waals surface area contributed by atoms with Gasteiger partial charge in [0.1, 0.15) is 5.75 Å². The quantitative estimate of drug-likeness (QED) is 0.285. The average molecular weight is 329 g/mol. The van der Waals surface area contributed by atoms with Crippen LogP contribution in [0.4, 0.5) is 5.69 Å². The molecule has 0 spiro atoms. The predicted molar refractivity (Wildman–Crippen MR) is 86.6 cm³/mol. The number of hydrogen-bond donors (Lipinski definition) is 1. The highest BCUT2D eigenvalue weighted by Gasteiger charge is 2.08. The Balaban J connectivity index is 1.85. The molecule has 0 aliphatic carbocycles. The Kier molecular flexibility index (Phi) is 5.45. The van der Waals surface area contributed by atoms with Crippen LogP contribution >= 0.6 is 0 Å². The SMILES string of the molecule is Cc1ccc(/C(N)=N\OC(=O)COc2ccc([N+](=O)[O-])cc2)cc1. The van der Waals surface area contributed by atoms with Gasteiger partial charge in [0.05, 0.1) is 4.92 Å². The van der Waals surface area contributed by atoms with Crippen molar-refractivity contribution in [3.05, 3.63) is 69.8 Å². The third-order valence-corrected chi connectivity index (χ3v) is 3.00. The van der Waals surface area contributed by atoms with E-state index in [1.165, 1.54) is 24.3 Å². The average Bonchev–Trinajstić information content (AvgIpc) is 2.58. The number of oxime groups is 1. The highest BCUT2D eigenvalue weighted by atomic mass is 16.7. The van der Waals surface area contributed by atoms with Crippen molar-refractivity contribution in [1.82, 2.24) is 0 Å². The van der Waals surface area contributed by atoms with E-state index in [1.54, 1.807) is 12.1 Å². The first kappa shape index (κ1) is 16.9. The maximum Gasteiger partial charge on any atom is 0.372 e. The maximum atomic E-state index is 11.6. The van der Waals surface area contributed by atoms with E-state index in [0.29, 0.717) is 11.3 Å². The molecule has 0 saturated carbocycles. The molecule has 2 aromatic carbocycles. The van der Waals surface area contributed by atoms with Gasteiger partial charge in [0, 0.05) is 17.7 Å². The van der Waals surface area contributed by atoms with E-state index in [-0.39, 0.29) is 11.5 Å². The molecule has 0 heterocycles. The molecule has 0 aliphatic rings. The summed E-state index contributed by atoms with van der Waals surface area (Å²) in [4.78, 5) is 26.2. The van der Waals surface area contributed by atoms with Crippen LogP contribution in [0, 0.1) is 17.0 Å². The zero-order chi connectivity index (χ0) is 17.5. The zero-order valence-electron chi connectivity index (χ0n) is 12.8. The molecular formula is C16H15N3O5. The number of nitrogens with two attached hydrogens (primary N) is 1. The lowest BCUT2D eigenvalue weighted by Gasteiger charge is -2.04. The number of carbonyl (C=O) groups is 1. The summed E-state index contributed by atoms with van der Waals surface area (Å²) in [6, 6.07) is 12.5. The van der Waals surface area contributed by atoms with Crippen LogP contribution in [0.25, 0.3) is 0 Å². The van der Waals surface area contributed by atoms with Gasteiger partial charge in [0.25, 0.3) is 5.69 Å². The number of aryl methyl sites for hydroxylation is 1. The van der Waals surface area contributed by atoms with E-state index in [2.05, 4.69) is 9.99 Å². The van der Waals surface area contributed by atoms with E-state index in [9.17, 15) is 14.9 Å². The molecule has 8 nitrogen and oxygen atoms in total. The van der Waals surface area contributed by atoms with Crippen LogP contribution in [0.3, 0.4) is 0 Å². The lowest BCUT2D eigenvalue weighted by Crippen LogP contribution is -2.18. The van der Waals surface area contributed by atoms with Crippen LogP contribution in [-0.2, 0) is 9.63 Å². The number of hydrogen-bond acceptors (Lipinski definition) is 6. The third kappa shape index (κ3) is 4.80. The van der Waals surface area contributed by atoms with Gasteiger partial charge in [-0.1, -0.05) is 35.0 Å². The molecular weight excluding hydrogens is 314 g/mol. The number of non-ortho nitro benzene ring substituents is 1. The zero-order valence-corrected chi connectivity index (χ0v) is 12.8. The highest BCUT2D eigenvalue weighted by molar-refractivity contribution is 5.97. The minimum atomic E-state index is -0.747. The maximum absolute atomic E-state index is 11.6. The van der Waals surface area contributed by atoms with Gasteiger partial charge in [-0.2, -0.15) is 0 Å². The highest BCUT2D eigenvalue weighted by Crippen LogP contribution is 2.17. The first-order valence-corrected chi connectivity index (χ1v) is 6.93. The summed E-state index contributed by atoms with van der Waals surface area (Å²) in [5, 5.41) is 14.1. The molecule has 24 heavy (non-hydrogen) atoms. The third-order valence-electron chi connectivity index (χ3n) is 3.00. The van der Waals surface area contributed by atoms with Crippen LogP contribution in [0.2, 0.25) is 0 Å². The molecule has 0 saturated heterocycles. The molecule has 0 atom stereocenters. The number of nitro benzene ring substituents is 1. The van der Waals surface area contributed by atoms with Gasteiger partial charge in [0.15, 0.2) is 12.4 Å². The molecule has 8 heteroatoms. The smallest absolute Gasteiger partial charge is 0.372 e. The number of ether oxygens (including phenoxy) is 1. The van der Waals surface area contributed by atoms with Gasteiger partial charge in [-0.05, 0) is 19.1 Å². The van der Waals surface area contributed by atoms with E-state index in [0.717, 1.165) is 5.56 Å². The van der Waals surface area contributed by atoms with E-state index < -0.39 is 17.5 Å². The van der Waals surface area contributed by atoms with Crippen LogP contribution in [0.5, 0.6) is 5.75 Å². The van der Waals surface area contributed by atoms with Gasteiger partial charge in [-0.15, -0.1) is 0 Å². The number of benzene rings is 2. The second-order valence-electron chi connectivity index (χ2n) is 4.85. The Morgan fingerprint density at radius 3 is 2.38 bits per heavy atom. The molecule has 0 unspecified atom stereocenters. The van der Waals surface area contributed by atoms with Gasteiger partial charge in [0.2, 0.25) is 0 Å². The van der Waals surface area contributed by atoms with Crippen LogP contribution < -0.4 is 10.5 Å². The summed E-state index contributed by atoms with van der Waals surface area (Å²) < 4.78 is 5.15. The van der Waals surface area contributed by atoms with Gasteiger partial charge < -0.3 is 15.3 Å². The number of amidine groups is 1. The molecule has 0 fully saturated rings. The molecule has 0 aromatic heterocycles. The fourth-order valence-corrected chi connectivity index (χ4v) is 1.71. The Bertz CT molecular complexity index is 754. The molecule has 2 rings (SSSR count). The number of rotatable bonds is 6. The standard InChI is InChI=1S/C16H15N3O5/c1-11-2-4-12(5-3-11)16(17)18-24-15(20)10-23-14-8-6-13(7-9-14)19(21)22/h2-9H,10H2,1H3,(H2,17,18). The Morgan fingerprint density at radius 2 is 1.79 bits per heavy atom. The summed E-state index contributed by atoms with van der Waals surface area (Å²) in [7, 11) is 0. The van der Waals surface area contributed by atoms with Crippen molar-refractivity contribution < 1.29 is 19.3 Å². The fraction of sp³-hybridized carbons (Fsp3) is 0.125. The number of nitrogens with zero attached hydrogens (tertiary/aromatic N) is 2. The van der Waals surface area contributed by atoms with Crippen molar-refractivity contribution in [1.29, 1.82) is 0 Å². The lowest BCUT2D eigenvalue weighted by atomic mass is 10.1. The Labute approximate surface area is 137 Å². The summed E-state index contributed by atoms with van der Waals surface area (Å²) in [5.74, 6) is -0.380. The minimum Gasteiger partial charge on any atom is -0.482 e. The van der Waals surface area contributed by atoms with E-state index >= 15 is 0 Å². The van der Waals surface area contributed by atoms with E-state index in [4.69, 9.17) is 10.5 Å². The van der Waals surface area contributed by atoms with Crippen molar-refractivity contribution >= 4 is 17.5 Å². The second-order valence-corrected chi connectivity index (χ2v) is 4.85. The summed E-state index contributed by atoms with van der Waals surface area (Å²) in [5.41, 5.74) is 7.34. The fourth-order valence-electron chi connectivity index (χ4n) is 1.71. The summed E-state index contributed by atoms with van der Waals surface area (Å²) in [6.45, 7) is 1.54. The van der Waals surface area contributed by atoms with Crippen LogP contribution in [0.15, 0.2) is 53.7 Å². The van der Waals surface area contributed by atoms with Crippen molar-refractivity contribution in [3.63, 3.8) is 0 Å². The van der Waals surface area contributed by atoms with Crippen molar-refractivity contribution in [2.45, 2.75) is 6.92 Å². The van der Waals surface area contributed by atoms with E-state index in [1.807, 2.05) is 19.1 Å².